The Labute approximate surface area is 116 Å². The molecule has 2 aliphatic rings. The van der Waals surface area contributed by atoms with E-state index in [-0.39, 0.29) is 0 Å². The largest absolute Gasteiger partial charge is 0.384 e. The minimum atomic E-state index is 0.938. The maximum Gasteiger partial charge on any atom is 0.0343 e. The van der Waals surface area contributed by atoms with Crippen LogP contribution in [0.4, 0.5) is 5.69 Å². The lowest BCUT2D eigenvalue weighted by Crippen LogP contribution is -2.48. The predicted octanol–water partition coefficient (Wildman–Crippen LogP) is 2.19. The van der Waals surface area contributed by atoms with E-state index in [1.807, 2.05) is 0 Å². The van der Waals surface area contributed by atoms with Crippen molar-refractivity contribution in [1.82, 2.24) is 9.80 Å². The van der Waals surface area contributed by atoms with Gasteiger partial charge < -0.3 is 5.32 Å². The highest BCUT2D eigenvalue weighted by molar-refractivity contribution is 5.45. The molecule has 1 aliphatic carbocycles. The van der Waals surface area contributed by atoms with E-state index in [2.05, 4.69) is 46.3 Å². The van der Waals surface area contributed by atoms with Crippen molar-refractivity contribution in [3.8, 4) is 0 Å². The third-order valence-electron chi connectivity index (χ3n) is 4.25. The number of piperazine rings is 1. The normalized spacial score (nSPS) is 21.5. The van der Waals surface area contributed by atoms with Gasteiger partial charge in [0.2, 0.25) is 0 Å². The fraction of sp³-hybridized carbons (Fsp3) is 0.625. The van der Waals surface area contributed by atoms with Crippen LogP contribution < -0.4 is 5.32 Å². The SMILES string of the molecule is Cc1cccc(NCCN2CCN(C3CC3)CC2)c1. The summed E-state index contributed by atoms with van der Waals surface area (Å²) in [7, 11) is 0. The van der Waals surface area contributed by atoms with Crippen molar-refractivity contribution in [2.45, 2.75) is 25.8 Å². The molecule has 0 spiro atoms. The van der Waals surface area contributed by atoms with E-state index in [0.29, 0.717) is 0 Å². The van der Waals surface area contributed by atoms with E-state index in [4.69, 9.17) is 0 Å². The number of aryl methyl sites for hydroxylation is 1. The molecule has 0 unspecified atom stereocenters. The van der Waals surface area contributed by atoms with Crippen LogP contribution in [0.5, 0.6) is 0 Å². The first-order valence-corrected chi connectivity index (χ1v) is 7.58. The van der Waals surface area contributed by atoms with Crippen molar-refractivity contribution in [2.24, 2.45) is 0 Å². The summed E-state index contributed by atoms with van der Waals surface area (Å²) in [5, 5.41) is 3.52. The van der Waals surface area contributed by atoms with Gasteiger partial charge in [0.15, 0.2) is 0 Å². The van der Waals surface area contributed by atoms with Crippen LogP contribution in [0.2, 0.25) is 0 Å². The van der Waals surface area contributed by atoms with Gasteiger partial charge >= 0.3 is 0 Å². The molecule has 0 atom stereocenters. The third kappa shape index (κ3) is 3.71. The van der Waals surface area contributed by atoms with E-state index < -0.39 is 0 Å². The van der Waals surface area contributed by atoms with E-state index in [9.17, 15) is 0 Å². The van der Waals surface area contributed by atoms with Crippen molar-refractivity contribution in [3.63, 3.8) is 0 Å². The molecule has 1 aromatic carbocycles. The molecule has 1 saturated heterocycles. The number of nitrogens with one attached hydrogen (secondary N) is 1. The lowest BCUT2D eigenvalue weighted by molar-refractivity contribution is 0.130. The van der Waals surface area contributed by atoms with Crippen LogP contribution in [0.15, 0.2) is 24.3 Å². The van der Waals surface area contributed by atoms with Crippen LogP contribution in [0.25, 0.3) is 0 Å². The summed E-state index contributed by atoms with van der Waals surface area (Å²) >= 11 is 0. The highest BCUT2D eigenvalue weighted by Crippen LogP contribution is 2.27. The number of rotatable bonds is 5. The minimum Gasteiger partial charge on any atom is -0.384 e. The maximum absolute atomic E-state index is 3.52. The lowest BCUT2D eigenvalue weighted by atomic mass is 10.2. The average molecular weight is 259 g/mol. The van der Waals surface area contributed by atoms with E-state index in [1.54, 1.807) is 0 Å². The summed E-state index contributed by atoms with van der Waals surface area (Å²) in [5.41, 5.74) is 2.57. The Kier molecular flexibility index (Phi) is 4.04. The van der Waals surface area contributed by atoms with Gasteiger partial charge in [-0.25, -0.2) is 0 Å². The number of hydrogen-bond donors (Lipinski definition) is 1. The third-order valence-corrected chi connectivity index (χ3v) is 4.25. The summed E-state index contributed by atoms with van der Waals surface area (Å²) in [6.07, 6.45) is 2.88. The van der Waals surface area contributed by atoms with Gasteiger partial charge in [-0.2, -0.15) is 0 Å². The molecule has 3 heteroatoms. The topological polar surface area (TPSA) is 18.5 Å². The fourth-order valence-electron chi connectivity index (χ4n) is 2.91. The second-order valence-electron chi connectivity index (χ2n) is 5.91. The quantitative estimate of drug-likeness (QED) is 0.874. The van der Waals surface area contributed by atoms with Crippen molar-refractivity contribution >= 4 is 5.69 Å². The number of nitrogens with zero attached hydrogens (tertiary/aromatic N) is 2. The van der Waals surface area contributed by atoms with E-state index >= 15 is 0 Å². The summed E-state index contributed by atoms with van der Waals surface area (Å²) in [6.45, 7) is 9.38. The molecule has 0 aromatic heterocycles. The molecule has 104 valence electrons. The van der Waals surface area contributed by atoms with Crippen molar-refractivity contribution in [2.75, 3.05) is 44.6 Å². The van der Waals surface area contributed by atoms with Crippen LogP contribution in [0.3, 0.4) is 0 Å². The molecule has 0 amide bonds. The molecule has 19 heavy (non-hydrogen) atoms. The summed E-state index contributed by atoms with van der Waals surface area (Å²) in [5.74, 6) is 0. The van der Waals surface area contributed by atoms with Crippen LogP contribution >= 0.6 is 0 Å². The van der Waals surface area contributed by atoms with Gasteiger partial charge in [0.25, 0.3) is 0 Å². The second-order valence-corrected chi connectivity index (χ2v) is 5.91. The molecule has 1 aromatic rings. The fourth-order valence-corrected chi connectivity index (χ4v) is 2.91. The standard InChI is InChI=1S/C16H25N3/c1-14-3-2-4-15(13-14)17-7-8-18-9-11-19(12-10-18)16-5-6-16/h2-4,13,16-17H,5-12H2,1H3. The average Bonchev–Trinajstić information content (AvgIpc) is 3.24. The number of hydrogen-bond acceptors (Lipinski definition) is 3. The van der Waals surface area contributed by atoms with Crippen molar-refractivity contribution in [1.29, 1.82) is 0 Å². The zero-order valence-electron chi connectivity index (χ0n) is 11.9. The summed E-state index contributed by atoms with van der Waals surface area (Å²) < 4.78 is 0. The number of anilines is 1. The molecule has 1 N–H and O–H groups in total. The zero-order valence-corrected chi connectivity index (χ0v) is 11.9. The molecule has 3 nitrogen and oxygen atoms in total. The maximum atomic E-state index is 3.52. The molecule has 1 saturated carbocycles. The van der Waals surface area contributed by atoms with Gasteiger partial charge in [0.05, 0.1) is 0 Å². The first-order chi connectivity index (χ1) is 9.31. The molecular formula is C16H25N3. The molecular weight excluding hydrogens is 234 g/mol. The van der Waals surface area contributed by atoms with Crippen LogP contribution in [0, 0.1) is 6.92 Å². The van der Waals surface area contributed by atoms with Gasteiger partial charge in [-0.15, -0.1) is 0 Å². The van der Waals surface area contributed by atoms with Gasteiger partial charge in [-0.1, -0.05) is 12.1 Å². The Hall–Kier alpha value is -1.06. The predicted molar refractivity (Wildman–Crippen MR) is 80.7 cm³/mol. The Morgan fingerprint density at radius 2 is 1.95 bits per heavy atom. The van der Waals surface area contributed by atoms with Crippen LogP contribution in [-0.2, 0) is 0 Å². The summed E-state index contributed by atoms with van der Waals surface area (Å²) in [4.78, 5) is 5.26. The van der Waals surface area contributed by atoms with Gasteiger partial charge in [0.1, 0.15) is 0 Å². The molecule has 2 fully saturated rings. The Morgan fingerprint density at radius 3 is 2.63 bits per heavy atom. The Morgan fingerprint density at radius 1 is 1.16 bits per heavy atom. The van der Waals surface area contributed by atoms with Gasteiger partial charge in [-0.3, -0.25) is 9.80 Å². The molecule has 1 aliphatic heterocycles. The Balaban J connectivity index is 1.36. The Bertz CT molecular complexity index is 406. The molecule has 3 rings (SSSR count). The van der Waals surface area contributed by atoms with Crippen LogP contribution in [0.1, 0.15) is 18.4 Å². The second kappa shape index (κ2) is 5.93. The molecule has 0 radical (unpaired) electrons. The van der Waals surface area contributed by atoms with E-state index in [0.717, 1.165) is 19.1 Å². The molecule has 0 bridgehead atoms. The highest BCUT2D eigenvalue weighted by Gasteiger charge is 2.30. The molecule has 1 heterocycles. The van der Waals surface area contributed by atoms with Gasteiger partial charge in [-0.05, 0) is 37.5 Å². The smallest absolute Gasteiger partial charge is 0.0343 e. The van der Waals surface area contributed by atoms with E-state index in [1.165, 1.54) is 50.3 Å². The lowest BCUT2D eigenvalue weighted by Gasteiger charge is -2.34. The first kappa shape index (κ1) is 12.9. The van der Waals surface area contributed by atoms with Crippen LogP contribution in [-0.4, -0.2) is 55.1 Å². The summed E-state index contributed by atoms with van der Waals surface area (Å²) in [6, 6.07) is 9.56. The van der Waals surface area contributed by atoms with Crippen molar-refractivity contribution < 1.29 is 0 Å². The zero-order chi connectivity index (χ0) is 13.1. The monoisotopic (exact) mass is 259 g/mol. The van der Waals surface area contributed by atoms with Crippen molar-refractivity contribution in [3.05, 3.63) is 29.8 Å². The number of benzene rings is 1. The minimum absolute atomic E-state index is 0.938. The van der Waals surface area contributed by atoms with Gasteiger partial charge in [0, 0.05) is 51.0 Å². The highest BCUT2D eigenvalue weighted by atomic mass is 15.3. The first-order valence-electron chi connectivity index (χ1n) is 7.58.